The summed E-state index contributed by atoms with van der Waals surface area (Å²) < 4.78 is 25.6. The number of nitrogens with zero attached hydrogens (tertiary/aromatic N) is 1. The van der Waals surface area contributed by atoms with Gasteiger partial charge < -0.3 is 5.11 Å². The molecule has 7 heteroatoms. The Kier molecular flexibility index (Phi) is 4.58. The third-order valence-corrected chi connectivity index (χ3v) is 8.09. The molecule has 3 aliphatic carbocycles. The van der Waals surface area contributed by atoms with Crippen molar-refractivity contribution < 1.29 is 23.2 Å². The summed E-state index contributed by atoms with van der Waals surface area (Å²) in [6, 6.07) is 5.70. The lowest BCUT2D eigenvalue weighted by molar-refractivity contribution is -0.188. The average Bonchev–Trinajstić information content (AvgIpc) is 2.61. The maximum Gasteiger partial charge on any atom is 0.252 e. The zero-order valence-corrected chi connectivity index (χ0v) is 15.5. The summed E-state index contributed by atoms with van der Waals surface area (Å²) in [6.07, 6.45) is 4.37. The largest absolute Gasteiger partial charge is 0.508 e. The number of phenols is 1. The smallest absolute Gasteiger partial charge is 0.252 e. The first-order valence-corrected chi connectivity index (χ1v) is 10.2. The normalized spacial score (nSPS) is 28.7. The molecule has 1 aromatic rings. The van der Waals surface area contributed by atoms with Crippen molar-refractivity contribution in [2.24, 2.45) is 10.8 Å². The Morgan fingerprint density at radius 1 is 1.12 bits per heavy atom. The molecule has 138 valence electrons. The molecule has 0 atom stereocenters. The van der Waals surface area contributed by atoms with Gasteiger partial charge in [-0.05, 0) is 68.2 Å². The van der Waals surface area contributed by atoms with Crippen LogP contribution in [0.3, 0.4) is 0 Å². The number of hydrogen-bond donors (Lipinski definition) is 1. The highest BCUT2D eigenvalue weighted by Crippen LogP contribution is 2.58. The van der Waals surface area contributed by atoms with Gasteiger partial charge in [0.25, 0.3) is 5.91 Å². The lowest BCUT2D eigenvalue weighted by atomic mass is 9.54. The van der Waals surface area contributed by atoms with Crippen LogP contribution >= 0.6 is 0 Å². The van der Waals surface area contributed by atoms with Gasteiger partial charge >= 0.3 is 0 Å². The Morgan fingerprint density at radius 3 is 2.12 bits per heavy atom. The first-order valence-electron chi connectivity index (χ1n) is 8.56. The third-order valence-electron chi connectivity index (χ3n) is 6.11. The molecule has 0 aromatic heterocycles. The molecule has 3 saturated carbocycles. The van der Waals surface area contributed by atoms with E-state index in [9.17, 15) is 18.3 Å². The molecule has 0 heterocycles. The Morgan fingerprint density at radius 2 is 1.64 bits per heavy atom. The Bertz CT molecular complexity index is 732. The van der Waals surface area contributed by atoms with Crippen LogP contribution in [0.1, 0.15) is 38.5 Å². The monoisotopic (exact) mass is 367 g/mol. The van der Waals surface area contributed by atoms with Crippen LogP contribution in [-0.4, -0.2) is 44.4 Å². The molecule has 25 heavy (non-hydrogen) atoms. The number of fused-ring (bicyclic) bond motifs is 3. The van der Waals surface area contributed by atoms with Crippen LogP contribution in [-0.2, 0) is 19.5 Å². The quantitative estimate of drug-likeness (QED) is 0.809. The molecule has 1 N–H and O–H groups in total. The van der Waals surface area contributed by atoms with Crippen molar-refractivity contribution in [1.82, 2.24) is 5.06 Å². The second-order valence-electron chi connectivity index (χ2n) is 7.52. The van der Waals surface area contributed by atoms with E-state index in [1.165, 1.54) is 36.4 Å². The topological polar surface area (TPSA) is 83.9 Å². The number of aromatic hydroxyl groups is 1. The van der Waals surface area contributed by atoms with Gasteiger partial charge in [0.05, 0.1) is 23.2 Å². The van der Waals surface area contributed by atoms with Gasteiger partial charge in [-0.3, -0.25) is 9.63 Å². The number of rotatable bonds is 5. The summed E-state index contributed by atoms with van der Waals surface area (Å²) in [4.78, 5) is 17.9. The van der Waals surface area contributed by atoms with Gasteiger partial charge in [0.2, 0.25) is 0 Å². The van der Waals surface area contributed by atoms with Crippen LogP contribution in [0.15, 0.2) is 29.2 Å². The minimum atomic E-state index is -3.41. The molecule has 0 radical (unpaired) electrons. The molecule has 1 amide bonds. The zero-order chi connectivity index (χ0) is 18.3. The summed E-state index contributed by atoms with van der Waals surface area (Å²) in [6.45, 7) is 0. The summed E-state index contributed by atoms with van der Waals surface area (Å²) >= 11 is 0. The predicted octanol–water partition coefficient (Wildman–Crippen LogP) is 2.53. The number of phenolic OH excluding ortho intramolecular Hbond substituents is 1. The minimum Gasteiger partial charge on any atom is -0.508 e. The molecule has 4 rings (SSSR count). The van der Waals surface area contributed by atoms with Gasteiger partial charge in [0.1, 0.15) is 5.75 Å². The average molecular weight is 367 g/mol. The highest BCUT2D eigenvalue weighted by molar-refractivity contribution is 7.91. The fourth-order valence-corrected chi connectivity index (χ4v) is 6.31. The van der Waals surface area contributed by atoms with Gasteiger partial charge in [-0.2, -0.15) is 0 Å². The maximum atomic E-state index is 12.8. The number of sulfone groups is 1. The first-order chi connectivity index (χ1) is 11.7. The van der Waals surface area contributed by atoms with Crippen molar-refractivity contribution in [3.8, 4) is 5.75 Å². The zero-order valence-electron chi connectivity index (χ0n) is 14.7. The van der Waals surface area contributed by atoms with Gasteiger partial charge in [0.15, 0.2) is 9.84 Å². The van der Waals surface area contributed by atoms with E-state index in [0.717, 1.165) is 19.3 Å². The Balaban J connectivity index is 1.75. The van der Waals surface area contributed by atoms with Crippen molar-refractivity contribution in [3.63, 3.8) is 0 Å². The van der Waals surface area contributed by atoms with Crippen molar-refractivity contribution in [2.75, 3.05) is 19.9 Å². The van der Waals surface area contributed by atoms with Gasteiger partial charge in [-0.15, -0.1) is 0 Å². The summed E-state index contributed by atoms with van der Waals surface area (Å²) in [7, 11) is -0.306. The SMILES string of the molecule is CON(C)C(=O)C12CCC(CS(=O)(=O)c3ccc(O)cc3)(CC1)CC2. The number of amides is 1. The van der Waals surface area contributed by atoms with Gasteiger partial charge in [-0.1, -0.05) is 0 Å². The first kappa shape index (κ1) is 18.2. The fourth-order valence-electron chi connectivity index (χ4n) is 4.36. The summed E-state index contributed by atoms with van der Waals surface area (Å²) in [5.74, 6) is 0.164. The second kappa shape index (κ2) is 6.29. The van der Waals surface area contributed by atoms with Crippen molar-refractivity contribution >= 4 is 15.7 Å². The van der Waals surface area contributed by atoms with Gasteiger partial charge in [0, 0.05) is 7.05 Å². The molecule has 1 aromatic carbocycles. The van der Waals surface area contributed by atoms with E-state index in [0.29, 0.717) is 19.3 Å². The van der Waals surface area contributed by atoms with Crippen LogP contribution in [0, 0.1) is 10.8 Å². The van der Waals surface area contributed by atoms with Gasteiger partial charge in [-0.25, -0.2) is 13.5 Å². The molecule has 2 bridgehead atoms. The molecular weight excluding hydrogens is 342 g/mol. The Hall–Kier alpha value is -1.60. The molecule has 3 aliphatic rings. The maximum absolute atomic E-state index is 12.8. The number of hydroxylamine groups is 2. The standard InChI is InChI=1S/C18H25NO5S/c1-19(24-2)16(21)18-10-7-17(8-11-18,9-12-18)13-25(22,23)15-5-3-14(20)4-6-15/h3-6,20H,7-13H2,1-2H3. The summed E-state index contributed by atoms with van der Waals surface area (Å²) in [5.41, 5.74) is -0.640. The fraction of sp³-hybridized carbons (Fsp3) is 0.611. The van der Waals surface area contributed by atoms with E-state index in [-0.39, 0.29) is 27.7 Å². The highest BCUT2D eigenvalue weighted by Gasteiger charge is 2.54. The van der Waals surface area contributed by atoms with Crippen LogP contribution in [0.4, 0.5) is 0 Å². The lowest BCUT2D eigenvalue weighted by Gasteiger charge is -2.52. The molecule has 0 spiro atoms. The van der Waals surface area contributed by atoms with Crippen molar-refractivity contribution in [3.05, 3.63) is 24.3 Å². The minimum absolute atomic E-state index is 0.00434. The van der Waals surface area contributed by atoms with Crippen LogP contribution in [0.2, 0.25) is 0 Å². The Labute approximate surface area is 148 Å². The van der Waals surface area contributed by atoms with Crippen molar-refractivity contribution in [1.29, 1.82) is 0 Å². The van der Waals surface area contributed by atoms with E-state index in [1.54, 1.807) is 7.05 Å². The van der Waals surface area contributed by atoms with E-state index < -0.39 is 15.3 Å². The van der Waals surface area contributed by atoms with Crippen molar-refractivity contribution in [2.45, 2.75) is 43.4 Å². The van der Waals surface area contributed by atoms with E-state index in [2.05, 4.69) is 0 Å². The second-order valence-corrected chi connectivity index (χ2v) is 9.51. The molecule has 6 nitrogen and oxygen atoms in total. The third kappa shape index (κ3) is 3.27. The van der Waals surface area contributed by atoms with E-state index in [4.69, 9.17) is 4.84 Å². The van der Waals surface area contributed by atoms with Crippen LogP contribution < -0.4 is 0 Å². The number of carbonyl (C=O) groups is 1. The number of carbonyl (C=O) groups excluding carboxylic acids is 1. The molecule has 0 aliphatic heterocycles. The molecule has 0 saturated heterocycles. The number of benzene rings is 1. The van der Waals surface area contributed by atoms with E-state index >= 15 is 0 Å². The predicted molar refractivity (Wildman–Crippen MR) is 92.5 cm³/mol. The molecule has 0 unspecified atom stereocenters. The number of hydrogen-bond acceptors (Lipinski definition) is 5. The molecular formula is C18H25NO5S. The highest BCUT2D eigenvalue weighted by atomic mass is 32.2. The summed E-state index contributed by atoms with van der Waals surface area (Å²) in [5, 5.41) is 10.6. The lowest BCUT2D eigenvalue weighted by Crippen LogP contribution is -2.52. The van der Waals surface area contributed by atoms with Crippen LogP contribution in [0.25, 0.3) is 0 Å². The van der Waals surface area contributed by atoms with E-state index in [1.807, 2.05) is 0 Å². The van der Waals surface area contributed by atoms with Crippen LogP contribution in [0.5, 0.6) is 5.75 Å². The molecule has 3 fully saturated rings.